The molecule has 0 saturated carbocycles. The van der Waals surface area contributed by atoms with Crippen LogP contribution in [0, 0.1) is 0 Å². The molecular weight excluding hydrogens is 162 g/mol. The smallest absolute Gasteiger partial charge is 1.00 e. The van der Waals surface area contributed by atoms with Crippen LogP contribution >= 0.6 is 0 Å². The molecule has 1 N–H and O–H groups in total. The maximum atomic E-state index is 10.1. The average molecular weight is 172 g/mol. The van der Waals surface area contributed by atoms with E-state index in [2.05, 4.69) is 13.2 Å². The van der Waals surface area contributed by atoms with Crippen LogP contribution in [0.1, 0.15) is 2.85 Å². The summed E-state index contributed by atoms with van der Waals surface area (Å²) in [6.45, 7) is 6.65. The van der Waals surface area contributed by atoms with Crippen LogP contribution in [0.4, 0.5) is 0 Å². The maximum absolute atomic E-state index is 10.1. The number of allylic oxidation sites excluding steroid dienone is 2. The monoisotopic (exact) mass is 172 g/mol. The minimum atomic E-state index is -0.982. The van der Waals surface area contributed by atoms with Crippen LogP contribution in [0.3, 0.4) is 0 Å². The van der Waals surface area contributed by atoms with Crippen LogP contribution in [0.5, 0.6) is 0 Å². The van der Waals surface area contributed by atoms with Crippen molar-refractivity contribution in [2.75, 3.05) is 0 Å². The van der Waals surface area contributed by atoms with Crippen molar-refractivity contribution in [2.24, 2.45) is 0 Å². The van der Waals surface area contributed by atoms with E-state index in [4.69, 9.17) is 5.11 Å². The molecule has 0 spiro atoms. The average Bonchev–Trinajstić information content (AvgIpc) is 1.82. The standard InChI is InChI=1S/C7H8O2.2Na.2H/c1-3-5-6(4-2)7(8)9;;;;/h3-5H,1-2H2,(H,8,9);;;;/q;2*+1;2*-1. The van der Waals surface area contributed by atoms with E-state index in [-0.39, 0.29) is 67.5 Å². The Balaban J connectivity index is -0.0000000533. The van der Waals surface area contributed by atoms with E-state index < -0.39 is 5.97 Å². The third-order valence-corrected chi connectivity index (χ3v) is 0.764. The number of hydrogen-bond donors (Lipinski definition) is 1. The summed E-state index contributed by atoms with van der Waals surface area (Å²) < 4.78 is 0. The van der Waals surface area contributed by atoms with Crippen molar-refractivity contribution >= 4 is 5.97 Å². The molecule has 0 saturated heterocycles. The summed E-state index contributed by atoms with van der Waals surface area (Å²) in [6, 6.07) is 0. The minimum absolute atomic E-state index is 0. The molecule has 0 aliphatic carbocycles. The van der Waals surface area contributed by atoms with E-state index >= 15 is 0 Å². The Hall–Kier alpha value is 0.690. The van der Waals surface area contributed by atoms with Gasteiger partial charge in [-0.1, -0.05) is 25.3 Å². The second-order valence-corrected chi connectivity index (χ2v) is 1.37. The number of carbonyl (C=O) groups is 1. The number of hydrogen-bond acceptors (Lipinski definition) is 1. The van der Waals surface area contributed by atoms with E-state index in [1.807, 2.05) is 0 Å². The largest absolute Gasteiger partial charge is 1.00 e. The van der Waals surface area contributed by atoms with E-state index in [1.54, 1.807) is 0 Å². The second-order valence-electron chi connectivity index (χ2n) is 1.37. The van der Waals surface area contributed by atoms with Gasteiger partial charge in [0, 0.05) is 0 Å². The van der Waals surface area contributed by atoms with Gasteiger partial charge in [-0.3, -0.25) is 0 Å². The summed E-state index contributed by atoms with van der Waals surface area (Å²) in [6.07, 6.45) is 4.06. The molecule has 0 radical (unpaired) electrons. The van der Waals surface area contributed by atoms with Gasteiger partial charge in [0.25, 0.3) is 0 Å². The number of carboxylic acids is 1. The molecule has 0 heterocycles. The number of aliphatic carboxylic acids is 1. The molecule has 0 aromatic rings. The van der Waals surface area contributed by atoms with Gasteiger partial charge in [-0.2, -0.15) is 0 Å². The van der Waals surface area contributed by atoms with Crippen molar-refractivity contribution in [3.05, 3.63) is 37.0 Å². The first kappa shape index (κ1) is 17.7. The topological polar surface area (TPSA) is 37.3 Å². The summed E-state index contributed by atoms with van der Waals surface area (Å²) in [4.78, 5) is 10.1. The van der Waals surface area contributed by atoms with Gasteiger partial charge in [0.2, 0.25) is 0 Å². The summed E-state index contributed by atoms with van der Waals surface area (Å²) in [5.74, 6) is -0.982. The Morgan fingerprint density at radius 2 is 1.82 bits per heavy atom. The zero-order valence-electron chi connectivity index (χ0n) is 9.00. The molecule has 0 bridgehead atoms. The zero-order valence-corrected chi connectivity index (χ0v) is 11.0. The van der Waals surface area contributed by atoms with Crippen molar-refractivity contribution < 1.29 is 71.9 Å². The molecule has 52 valence electrons. The molecule has 0 atom stereocenters. The summed E-state index contributed by atoms with van der Waals surface area (Å²) in [5, 5.41) is 8.32. The SMILES string of the molecule is C=CC=C(C=C)C(=O)O.[H-].[H-].[Na+].[Na+]. The molecule has 0 fully saturated rings. The van der Waals surface area contributed by atoms with Gasteiger partial charge in [0.05, 0.1) is 5.57 Å². The quantitative estimate of drug-likeness (QED) is 0.265. The summed E-state index contributed by atoms with van der Waals surface area (Å²) >= 11 is 0. The first-order valence-electron chi connectivity index (χ1n) is 2.40. The predicted molar refractivity (Wildman–Crippen MR) is 38.3 cm³/mol. The molecule has 0 aliphatic heterocycles. The first-order chi connectivity index (χ1) is 4.22. The number of carboxylic acid groups (broad SMARTS) is 1. The summed E-state index contributed by atoms with van der Waals surface area (Å²) in [5.41, 5.74) is 0.157. The third-order valence-electron chi connectivity index (χ3n) is 0.764. The van der Waals surface area contributed by atoms with Crippen LogP contribution < -0.4 is 59.1 Å². The second kappa shape index (κ2) is 10.7. The minimum Gasteiger partial charge on any atom is -1.00 e. The maximum Gasteiger partial charge on any atom is 1.00 e. The Kier molecular flexibility index (Phi) is 17.2. The van der Waals surface area contributed by atoms with Crippen molar-refractivity contribution in [1.82, 2.24) is 0 Å². The molecular formula is C7H10Na2O2. The van der Waals surface area contributed by atoms with Gasteiger partial charge in [-0.05, 0) is 6.08 Å². The summed E-state index contributed by atoms with van der Waals surface area (Å²) in [7, 11) is 0. The Morgan fingerprint density at radius 3 is 1.91 bits per heavy atom. The van der Waals surface area contributed by atoms with Crippen molar-refractivity contribution in [2.45, 2.75) is 0 Å². The molecule has 0 unspecified atom stereocenters. The molecule has 0 aromatic heterocycles. The van der Waals surface area contributed by atoms with Gasteiger partial charge in [-0.25, -0.2) is 4.79 Å². The van der Waals surface area contributed by atoms with Crippen LogP contribution in [-0.4, -0.2) is 11.1 Å². The fourth-order valence-electron chi connectivity index (χ4n) is 0.354. The van der Waals surface area contributed by atoms with E-state index in [0.717, 1.165) is 0 Å². The molecule has 0 aliphatic rings. The van der Waals surface area contributed by atoms with E-state index in [1.165, 1.54) is 18.2 Å². The first-order valence-corrected chi connectivity index (χ1v) is 2.40. The van der Waals surface area contributed by atoms with Gasteiger partial charge in [-0.15, -0.1) is 0 Å². The van der Waals surface area contributed by atoms with Crippen molar-refractivity contribution in [3.8, 4) is 0 Å². The van der Waals surface area contributed by atoms with Gasteiger partial charge < -0.3 is 7.96 Å². The van der Waals surface area contributed by atoms with E-state index in [0.29, 0.717) is 0 Å². The van der Waals surface area contributed by atoms with Crippen molar-refractivity contribution in [1.29, 1.82) is 0 Å². The van der Waals surface area contributed by atoms with Crippen molar-refractivity contribution in [3.63, 3.8) is 0 Å². The zero-order chi connectivity index (χ0) is 7.28. The van der Waals surface area contributed by atoms with Gasteiger partial charge >= 0.3 is 65.1 Å². The van der Waals surface area contributed by atoms with Crippen LogP contribution in [0.25, 0.3) is 0 Å². The molecule has 2 nitrogen and oxygen atoms in total. The fraction of sp³-hybridized carbons (Fsp3) is 0. The molecule has 4 heteroatoms. The Labute approximate surface area is 114 Å². The normalized spacial score (nSPS) is 8.55. The van der Waals surface area contributed by atoms with Gasteiger partial charge in [0.15, 0.2) is 0 Å². The Bertz CT molecular complexity index is 181. The predicted octanol–water partition coefficient (Wildman–Crippen LogP) is -4.40. The number of rotatable bonds is 3. The molecule has 0 rings (SSSR count). The van der Waals surface area contributed by atoms with Crippen LogP contribution in [0.15, 0.2) is 37.0 Å². The third kappa shape index (κ3) is 8.60. The molecule has 0 amide bonds. The van der Waals surface area contributed by atoms with E-state index in [9.17, 15) is 4.79 Å². The fourth-order valence-corrected chi connectivity index (χ4v) is 0.354. The van der Waals surface area contributed by atoms with Crippen LogP contribution in [0.2, 0.25) is 0 Å². The molecule has 11 heavy (non-hydrogen) atoms. The van der Waals surface area contributed by atoms with Crippen LogP contribution in [-0.2, 0) is 4.79 Å². The molecule has 0 aromatic carbocycles. The van der Waals surface area contributed by atoms with Gasteiger partial charge in [0.1, 0.15) is 0 Å². The Morgan fingerprint density at radius 1 is 1.36 bits per heavy atom.